The highest BCUT2D eigenvalue weighted by Crippen LogP contribution is 2.35. The van der Waals surface area contributed by atoms with Gasteiger partial charge < -0.3 is 10.7 Å². The first-order chi connectivity index (χ1) is 11.9. The number of hydrogen-bond acceptors (Lipinski definition) is 7. The van der Waals surface area contributed by atoms with Crippen molar-refractivity contribution in [3.05, 3.63) is 36.4 Å². The number of hydrogen-bond donors (Lipinski definition) is 4. The Bertz CT molecular complexity index is 1180. The number of nitrogens with one attached hydrogen (secondary N) is 2. The van der Waals surface area contributed by atoms with Crippen LogP contribution in [0.5, 0.6) is 0 Å². The standard InChI is InChI=1S/C14H12N8O2S/c15-14-17-9-5-4-7(6-10(9)18-14)8-2-1-3-11(25(16,23)24)12(8)13-19-21-22-20-13/h1-6H,(H3,15,17,18)(H2,16,23,24)(H,19,20,21,22). The number of nitrogens with two attached hydrogens (primary N) is 2. The van der Waals surface area contributed by atoms with Crippen LogP contribution in [0, 0.1) is 0 Å². The first-order valence-electron chi connectivity index (χ1n) is 7.09. The molecule has 0 spiro atoms. The number of imidazole rings is 1. The van der Waals surface area contributed by atoms with Crippen LogP contribution < -0.4 is 10.9 Å². The number of nitrogen functional groups attached to an aromatic ring is 1. The van der Waals surface area contributed by atoms with Crippen molar-refractivity contribution in [3.63, 3.8) is 0 Å². The average Bonchev–Trinajstić information content (AvgIpc) is 3.20. The molecule has 0 radical (unpaired) electrons. The van der Waals surface area contributed by atoms with Crippen LogP contribution in [0.3, 0.4) is 0 Å². The van der Waals surface area contributed by atoms with Gasteiger partial charge in [-0.3, -0.25) is 0 Å². The summed E-state index contributed by atoms with van der Waals surface area (Å²) in [5.41, 5.74) is 8.67. The predicted octanol–water partition coefficient (Wildman–Crippen LogP) is 0.640. The smallest absolute Gasteiger partial charge is 0.238 e. The highest BCUT2D eigenvalue weighted by Gasteiger charge is 2.22. The third-order valence-electron chi connectivity index (χ3n) is 3.71. The van der Waals surface area contributed by atoms with Gasteiger partial charge in [0.15, 0.2) is 5.95 Å². The molecule has 0 amide bonds. The number of sulfonamides is 1. The lowest BCUT2D eigenvalue weighted by Gasteiger charge is -2.11. The summed E-state index contributed by atoms with van der Waals surface area (Å²) < 4.78 is 24.0. The van der Waals surface area contributed by atoms with Crippen molar-refractivity contribution < 1.29 is 8.42 Å². The fourth-order valence-corrected chi connectivity index (χ4v) is 3.46. The van der Waals surface area contributed by atoms with Crippen molar-refractivity contribution in [2.45, 2.75) is 4.90 Å². The molecule has 6 N–H and O–H groups in total. The number of aromatic nitrogens is 6. The normalized spacial score (nSPS) is 11.9. The van der Waals surface area contributed by atoms with Crippen molar-refractivity contribution in [2.75, 3.05) is 5.73 Å². The topological polar surface area (TPSA) is 169 Å². The van der Waals surface area contributed by atoms with Gasteiger partial charge >= 0.3 is 0 Å². The number of primary sulfonamides is 1. The van der Waals surface area contributed by atoms with E-state index in [0.29, 0.717) is 17.0 Å². The second-order valence-corrected chi connectivity index (χ2v) is 6.84. The summed E-state index contributed by atoms with van der Waals surface area (Å²) in [4.78, 5) is 7.00. The van der Waals surface area contributed by atoms with E-state index >= 15 is 0 Å². The summed E-state index contributed by atoms with van der Waals surface area (Å²) in [6.45, 7) is 0. The Labute approximate surface area is 141 Å². The van der Waals surface area contributed by atoms with Gasteiger partial charge in [0.25, 0.3) is 0 Å². The lowest BCUT2D eigenvalue weighted by atomic mass is 9.99. The van der Waals surface area contributed by atoms with E-state index in [1.54, 1.807) is 24.3 Å². The highest BCUT2D eigenvalue weighted by molar-refractivity contribution is 7.89. The number of H-pyrrole nitrogens is 2. The number of tetrazole rings is 1. The molecule has 10 nitrogen and oxygen atoms in total. The van der Waals surface area contributed by atoms with Crippen LogP contribution in [0.25, 0.3) is 33.5 Å². The summed E-state index contributed by atoms with van der Waals surface area (Å²) in [5.74, 6) is 0.424. The molecule has 0 saturated heterocycles. The second kappa shape index (κ2) is 5.36. The predicted molar refractivity (Wildman–Crippen MR) is 90.5 cm³/mol. The lowest BCUT2D eigenvalue weighted by Crippen LogP contribution is -2.14. The van der Waals surface area contributed by atoms with Gasteiger partial charge in [0, 0.05) is 0 Å². The molecule has 126 valence electrons. The van der Waals surface area contributed by atoms with E-state index in [1.807, 2.05) is 6.07 Å². The molecule has 0 aliphatic heterocycles. The average molecular weight is 356 g/mol. The van der Waals surface area contributed by atoms with Crippen LogP contribution in [0.2, 0.25) is 0 Å². The molecule has 11 heteroatoms. The summed E-state index contributed by atoms with van der Waals surface area (Å²) in [5, 5.41) is 19.0. The number of rotatable bonds is 3. The van der Waals surface area contributed by atoms with Crippen LogP contribution in [-0.2, 0) is 10.0 Å². The fraction of sp³-hybridized carbons (Fsp3) is 0. The van der Waals surface area contributed by atoms with Gasteiger partial charge in [-0.25, -0.2) is 18.5 Å². The molecular weight excluding hydrogens is 344 g/mol. The first kappa shape index (κ1) is 15.2. The number of nitrogens with zero attached hydrogens (tertiary/aromatic N) is 4. The van der Waals surface area contributed by atoms with E-state index in [-0.39, 0.29) is 16.3 Å². The van der Waals surface area contributed by atoms with Gasteiger partial charge in [-0.05, 0) is 34.5 Å². The van der Waals surface area contributed by atoms with Crippen molar-refractivity contribution in [1.29, 1.82) is 0 Å². The monoisotopic (exact) mass is 356 g/mol. The molecular formula is C14H12N8O2S. The Morgan fingerprint density at radius 2 is 1.96 bits per heavy atom. The minimum absolute atomic E-state index is 0.0874. The maximum atomic E-state index is 12.0. The van der Waals surface area contributed by atoms with Gasteiger partial charge in [0.05, 0.1) is 21.5 Å². The molecule has 0 aliphatic rings. The van der Waals surface area contributed by atoms with E-state index in [2.05, 4.69) is 30.6 Å². The molecule has 4 rings (SSSR count). The van der Waals surface area contributed by atoms with Crippen LogP contribution in [-0.4, -0.2) is 39.0 Å². The SMILES string of the molecule is Nc1nc2ccc(-c3cccc(S(N)(=O)=O)c3-c3nn[nH]n3)cc2[nH]1. The summed E-state index contributed by atoms with van der Waals surface area (Å²) >= 11 is 0. The van der Waals surface area contributed by atoms with Gasteiger partial charge in [-0.1, -0.05) is 18.2 Å². The molecule has 2 heterocycles. The van der Waals surface area contributed by atoms with Crippen LogP contribution >= 0.6 is 0 Å². The zero-order valence-corrected chi connectivity index (χ0v) is 13.4. The van der Waals surface area contributed by atoms with E-state index in [0.717, 1.165) is 11.1 Å². The van der Waals surface area contributed by atoms with Crippen molar-refractivity contribution in [2.24, 2.45) is 5.14 Å². The molecule has 4 aromatic rings. The Morgan fingerprint density at radius 1 is 1.12 bits per heavy atom. The van der Waals surface area contributed by atoms with Crippen LogP contribution in [0.4, 0.5) is 5.95 Å². The Balaban J connectivity index is 2.03. The van der Waals surface area contributed by atoms with Crippen molar-refractivity contribution >= 4 is 27.0 Å². The van der Waals surface area contributed by atoms with Crippen LogP contribution in [0.1, 0.15) is 0 Å². The Kier molecular flexibility index (Phi) is 3.26. The third-order valence-corrected chi connectivity index (χ3v) is 4.67. The summed E-state index contributed by atoms with van der Waals surface area (Å²) in [6, 6.07) is 10.1. The third kappa shape index (κ3) is 2.60. The maximum Gasteiger partial charge on any atom is 0.238 e. The van der Waals surface area contributed by atoms with Crippen LogP contribution in [0.15, 0.2) is 41.3 Å². The quantitative estimate of drug-likeness (QED) is 0.417. The van der Waals surface area contributed by atoms with Gasteiger partial charge in [0.2, 0.25) is 15.8 Å². The highest BCUT2D eigenvalue weighted by atomic mass is 32.2. The number of fused-ring (bicyclic) bond motifs is 1. The Morgan fingerprint density at radius 3 is 2.68 bits per heavy atom. The minimum atomic E-state index is -3.99. The zero-order valence-electron chi connectivity index (χ0n) is 12.6. The molecule has 2 aromatic heterocycles. The maximum absolute atomic E-state index is 12.0. The van der Waals surface area contributed by atoms with Crippen molar-refractivity contribution in [1.82, 2.24) is 30.6 Å². The molecule has 0 fully saturated rings. The molecule has 25 heavy (non-hydrogen) atoms. The molecule has 2 aromatic carbocycles. The molecule has 0 atom stereocenters. The second-order valence-electron chi connectivity index (χ2n) is 5.31. The first-order valence-corrected chi connectivity index (χ1v) is 8.63. The van der Waals surface area contributed by atoms with Crippen molar-refractivity contribution in [3.8, 4) is 22.5 Å². The summed E-state index contributed by atoms with van der Waals surface area (Å²) in [7, 11) is -3.99. The van der Waals surface area contributed by atoms with Gasteiger partial charge in [-0.2, -0.15) is 5.21 Å². The number of aromatic amines is 2. The fourth-order valence-electron chi connectivity index (χ4n) is 2.70. The Hall–Kier alpha value is -3.31. The minimum Gasteiger partial charge on any atom is -0.369 e. The van der Waals surface area contributed by atoms with E-state index in [4.69, 9.17) is 10.9 Å². The molecule has 0 aliphatic carbocycles. The number of benzene rings is 2. The molecule has 0 bridgehead atoms. The largest absolute Gasteiger partial charge is 0.369 e. The zero-order chi connectivity index (χ0) is 17.6. The van der Waals surface area contributed by atoms with Gasteiger partial charge in [0.1, 0.15) is 0 Å². The van der Waals surface area contributed by atoms with E-state index in [1.165, 1.54) is 6.07 Å². The summed E-state index contributed by atoms with van der Waals surface area (Å²) in [6.07, 6.45) is 0. The lowest BCUT2D eigenvalue weighted by molar-refractivity contribution is 0.598. The van der Waals surface area contributed by atoms with Gasteiger partial charge in [-0.15, -0.1) is 10.2 Å². The van der Waals surface area contributed by atoms with E-state index in [9.17, 15) is 8.42 Å². The molecule has 0 saturated carbocycles. The van der Waals surface area contributed by atoms with E-state index < -0.39 is 10.0 Å². The molecule has 0 unspecified atom stereocenters. The number of anilines is 1.